The third kappa shape index (κ3) is 3.72. The van der Waals surface area contributed by atoms with Crippen LogP contribution in [0.1, 0.15) is 60.8 Å². The fraction of sp³-hybridized carbons (Fsp3) is 0.583. The summed E-state index contributed by atoms with van der Waals surface area (Å²) in [6.45, 7) is 5.49. The molecular formula is C24H32N6O3S. The second kappa shape index (κ2) is 8.35. The topological polar surface area (TPSA) is 115 Å². The molecule has 1 saturated heterocycles. The lowest BCUT2D eigenvalue weighted by atomic mass is 9.96. The van der Waals surface area contributed by atoms with Gasteiger partial charge in [0.2, 0.25) is 5.88 Å². The molecule has 1 aromatic carbocycles. The number of aromatic nitrogens is 2. The van der Waals surface area contributed by atoms with Crippen molar-refractivity contribution in [2.24, 2.45) is 9.50 Å². The molecule has 34 heavy (non-hydrogen) atoms. The van der Waals surface area contributed by atoms with Gasteiger partial charge >= 0.3 is 6.03 Å². The molecule has 0 radical (unpaired) electrons. The summed E-state index contributed by atoms with van der Waals surface area (Å²) in [4.78, 5) is 15.6. The van der Waals surface area contributed by atoms with Crippen LogP contribution in [-0.2, 0) is 35.7 Å². The molecule has 9 nitrogen and oxygen atoms in total. The van der Waals surface area contributed by atoms with E-state index in [1.165, 1.54) is 41.3 Å². The van der Waals surface area contributed by atoms with Crippen LogP contribution in [0.2, 0.25) is 0 Å². The number of amides is 2. The van der Waals surface area contributed by atoms with E-state index in [-0.39, 0.29) is 10.9 Å². The van der Waals surface area contributed by atoms with Gasteiger partial charge in [0.1, 0.15) is 11.5 Å². The molecule has 3 unspecified atom stereocenters. The van der Waals surface area contributed by atoms with E-state index in [1.54, 1.807) is 4.68 Å². The SMILES string of the molecule is CC1CCc2c1cc1c(c2NC(=O)N=S(N)(=O)c2cnn3c2OCC(N2CCCC2)C3)CCC1. The quantitative estimate of drug-likeness (QED) is 0.694. The average molecular weight is 485 g/mol. The molecule has 0 spiro atoms. The number of benzene rings is 1. The summed E-state index contributed by atoms with van der Waals surface area (Å²) in [7, 11) is -3.51. The van der Waals surface area contributed by atoms with Crippen molar-refractivity contribution in [3.63, 3.8) is 0 Å². The fourth-order valence-electron chi connectivity index (χ4n) is 6.08. The lowest BCUT2D eigenvalue weighted by Gasteiger charge is -2.31. The van der Waals surface area contributed by atoms with Crippen LogP contribution in [0.15, 0.2) is 21.5 Å². The zero-order chi connectivity index (χ0) is 23.4. The van der Waals surface area contributed by atoms with Crippen LogP contribution in [0, 0.1) is 0 Å². The number of hydrogen-bond acceptors (Lipinski definition) is 5. The van der Waals surface area contributed by atoms with Gasteiger partial charge in [-0.3, -0.25) is 4.90 Å². The smallest absolute Gasteiger partial charge is 0.354 e. The number of fused-ring (bicyclic) bond motifs is 3. The van der Waals surface area contributed by atoms with E-state index in [1.807, 2.05) is 0 Å². The molecule has 3 atom stereocenters. The van der Waals surface area contributed by atoms with Crippen molar-refractivity contribution >= 4 is 21.6 Å². The fourth-order valence-corrected chi connectivity index (χ4v) is 7.08. The highest BCUT2D eigenvalue weighted by Crippen LogP contribution is 2.43. The first-order valence-electron chi connectivity index (χ1n) is 12.4. The van der Waals surface area contributed by atoms with Gasteiger partial charge in [0, 0.05) is 5.69 Å². The summed E-state index contributed by atoms with van der Waals surface area (Å²) >= 11 is 0. The number of carbonyl (C=O) groups excluding carboxylic acids is 1. The monoisotopic (exact) mass is 484 g/mol. The molecule has 3 N–H and O–H groups in total. The number of nitrogens with zero attached hydrogens (tertiary/aromatic N) is 4. The molecule has 182 valence electrons. The van der Waals surface area contributed by atoms with Gasteiger partial charge in [-0.05, 0) is 86.2 Å². The zero-order valence-corrected chi connectivity index (χ0v) is 20.4. The van der Waals surface area contributed by atoms with Gasteiger partial charge < -0.3 is 10.1 Å². The average Bonchev–Trinajstić information content (AvgIpc) is 3.60. The highest BCUT2D eigenvalue weighted by Gasteiger charge is 2.32. The summed E-state index contributed by atoms with van der Waals surface area (Å²) in [6, 6.07) is 1.88. The van der Waals surface area contributed by atoms with Gasteiger partial charge in [0.05, 0.1) is 18.8 Å². The predicted molar refractivity (Wildman–Crippen MR) is 130 cm³/mol. The van der Waals surface area contributed by atoms with Crippen LogP contribution in [0.3, 0.4) is 0 Å². The van der Waals surface area contributed by atoms with E-state index in [9.17, 15) is 9.00 Å². The minimum atomic E-state index is -3.51. The van der Waals surface area contributed by atoms with E-state index in [4.69, 9.17) is 9.88 Å². The van der Waals surface area contributed by atoms with Crippen molar-refractivity contribution in [3.05, 3.63) is 34.5 Å². The van der Waals surface area contributed by atoms with Gasteiger partial charge in [-0.25, -0.2) is 18.8 Å². The molecule has 4 aliphatic rings. The van der Waals surface area contributed by atoms with E-state index < -0.39 is 15.9 Å². The van der Waals surface area contributed by atoms with Gasteiger partial charge in [0.15, 0.2) is 9.92 Å². The summed E-state index contributed by atoms with van der Waals surface area (Å²) in [5, 5.41) is 13.4. The van der Waals surface area contributed by atoms with Gasteiger partial charge in [-0.2, -0.15) is 5.10 Å². The number of hydrogen-bond donors (Lipinski definition) is 2. The zero-order valence-electron chi connectivity index (χ0n) is 19.6. The van der Waals surface area contributed by atoms with Crippen molar-refractivity contribution < 1.29 is 13.7 Å². The molecule has 0 bridgehead atoms. The Bertz CT molecular complexity index is 1270. The second-order valence-electron chi connectivity index (χ2n) is 10.0. The van der Waals surface area contributed by atoms with Crippen LogP contribution >= 0.6 is 0 Å². The van der Waals surface area contributed by atoms with E-state index in [2.05, 4.69) is 32.7 Å². The Labute approximate surface area is 200 Å². The molecule has 3 heterocycles. The Hall–Kier alpha value is -2.43. The maximum Gasteiger partial charge on any atom is 0.354 e. The van der Waals surface area contributed by atoms with E-state index in [0.717, 1.165) is 50.9 Å². The van der Waals surface area contributed by atoms with Gasteiger partial charge in [-0.1, -0.05) is 13.0 Å². The Kier molecular flexibility index (Phi) is 5.42. The van der Waals surface area contributed by atoms with E-state index in [0.29, 0.717) is 24.9 Å². The van der Waals surface area contributed by atoms with Crippen molar-refractivity contribution in [2.75, 3.05) is 25.0 Å². The van der Waals surface area contributed by atoms with Crippen molar-refractivity contribution in [1.29, 1.82) is 0 Å². The molecule has 6 rings (SSSR count). The molecule has 2 aliphatic carbocycles. The molecule has 2 amide bonds. The van der Waals surface area contributed by atoms with Crippen LogP contribution < -0.4 is 15.2 Å². The third-order valence-electron chi connectivity index (χ3n) is 7.88. The lowest BCUT2D eigenvalue weighted by molar-refractivity contribution is 0.0994. The second-order valence-corrected chi connectivity index (χ2v) is 11.8. The van der Waals surface area contributed by atoms with Gasteiger partial charge in [0.25, 0.3) is 0 Å². The Morgan fingerprint density at radius 3 is 2.88 bits per heavy atom. The number of ether oxygens (including phenoxy) is 1. The maximum atomic E-state index is 13.4. The first-order valence-corrected chi connectivity index (χ1v) is 13.9. The Morgan fingerprint density at radius 1 is 1.24 bits per heavy atom. The van der Waals surface area contributed by atoms with Crippen LogP contribution in [0.5, 0.6) is 5.88 Å². The number of nitrogens with two attached hydrogens (primary N) is 1. The number of urea groups is 1. The predicted octanol–water partition coefficient (Wildman–Crippen LogP) is 3.21. The van der Waals surface area contributed by atoms with Crippen LogP contribution in [0.25, 0.3) is 0 Å². The molecule has 0 saturated carbocycles. The van der Waals surface area contributed by atoms with Crippen molar-refractivity contribution in [3.8, 4) is 5.88 Å². The molecule has 10 heteroatoms. The normalized spacial score (nSPS) is 25.2. The van der Waals surface area contributed by atoms with E-state index >= 15 is 0 Å². The first-order chi connectivity index (χ1) is 16.4. The number of rotatable bonds is 3. The minimum absolute atomic E-state index is 0.180. The van der Waals surface area contributed by atoms with Crippen molar-refractivity contribution in [1.82, 2.24) is 14.7 Å². The van der Waals surface area contributed by atoms with Gasteiger partial charge in [-0.15, -0.1) is 4.36 Å². The highest BCUT2D eigenvalue weighted by atomic mass is 32.2. The third-order valence-corrected chi connectivity index (χ3v) is 9.23. The molecule has 2 aromatic rings. The van der Waals surface area contributed by atoms with Crippen LogP contribution in [-0.4, -0.2) is 50.7 Å². The largest absolute Gasteiger partial charge is 0.475 e. The lowest BCUT2D eigenvalue weighted by Crippen LogP contribution is -2.43. The number of carbonyl (C=O) groups is 1. The summed E-state index contributed by atoms with van der Waals surface area (Å²) in [5.74, 6) is 0.836. The summed E-state index contributed by atoms with van der Waals surface area (Å²) < 4.78 is 25.0. The number of nitrogens with one attached hydrogen (secondary N) is 1. The molecular weight excluding hydrogens is 452 g/mol. The Morgan fingerprint density at radius 2 is 2.06 bits per heavy atom. The standard InChI is InChI=1S/C24H32N6O3S/c1-15-7-8-19-20(15)11-16-5-4-6-18(16)22(19)27-24(31)28-34(25,32)21-12-26-30-13-17(14-33-23(21)30)29-9-2-3-10-29/h11-12,15,17H,2-10,13-14H2,1H3,(H3,25,27,28,31,32). The first kappa shape index (κ1) is 22.1. The highest BCUT2D eigenvalue weighted by molar-refractivity contribution is 7.91. The van der Waals surface area contributed by atoms with Crippen LogP contribution in [0.4, 0.5) is 10.5 Å². The maximum absolute atomic E-state index is 13.4. The Balaban J connectivity index is 1.26. The molecule has 1 aromatic heterocycles. The summed E-state index contributed by atoms with van der Waals surface area (Å²) in [6.07, 6.45) is 8.88. The number of likely N-dealkylation sites (tertiary alicyclic amines) is 1. The number of aryl methyl sites for hydroxylation is 1. The summed E-state index contributed by atoms with van der Waals surface area (Å²) in [5.41, 5.74) is 5.87. The molecule has 2 aliphatic heterocycles. The molecule has 1 fully saturated rings. The van der Waals surface area contributed by atoms with Crippen molar-refractivity contribution in [2.45, 2.75) is 75.3 Å². The number of anilines is 1. The minimum Gasteiger partial charge on any atom is -0.475 e.